The summed E-state index contributed by atoms with van der Waals surface area (Å²) in [6.45, 7) is 5.84. The molecule has 0 fully saturated rings. The summed E-state index contributed by atoms with van der Waals surface area (Å²) in [4.78, 5) is 30.7. The zero-order valence-corrected chi connectivity index (χ0v) is 20.1. The molecule has 4 aromatic rings. The molecule has 0 spiro atoms. The zero-order valence-electron chi connectivity index (χ0n) is 19.3. The van der Waals surface area contributed by atoms with Crippen LogP contribution in [0.15, 0.2) is 77.6 Å². The second kappa shape index (κ2) is 10.5. The number of hydrogen-bond acceptors (Lipinski definition) is 4. The maximum atomic E-state index is 13.2. The van der Waals surface area contributed by atoms with Gasteiger partial charge in [0.25, 0.3) is 11.5 Å². The van der Waals surface area contributed by atoms with E-state index in [1.165, 1.54) is 4.57 Å². The third-order valence-corrected chi connectivity index (χ3v) is 6.08. The molecule has 0 unspecified atom stereocenters. The first kappa shape index (κ1) is 23.4. The third-order valence-electron chi connectivity index (χ3n) is 5.76. The molecule has 34 heavy (non-hydrogen) atoms. The molecule has 1 amide bonds. The quantitative estimate of drug-likeness (QED) is 0.352. The fourth-order valence-electron chi connectivity index (χ4n) is 3.84. The number of nitrogens with one attached hydrogen (secondary N) is 1. The molecule has 174 valence electrons. The van der Waals surface area contributed by atoms with E-state index in [0.717, 1.165) is 16.9 Å². The molecular formula is C27H27N3O3S. The van der Waals surface area contributed by atoms with Gasteiger partial charge < -0.3 is 14.6 Å². The maximum Gasteiger partial charge on any atom is 0.262 e. The van der Waals surface area contributed by atoms with Crippen molar-refractivity contribution in [3.05, 3.63) is 105 Å². The van der Waals surface area contributed by atoms with Gasteiger partial charge in [-0.2, -0.15) is 0 Å². The third kappa shape index (κ3) is 5.10. The molecule has 0 saturated carbocycles. The van der Waals surface area contributed by atoms with Crippen molar-refractivity contribution in [2.24, 2.45) is 0 Å². The minimum absolute atomic E-state index is 0.104. The van der Waals surface area contributed by atoms with E-state index in [0.29, 0.717) is 47.5 Å². The summed E-state index contributed by atoms with van der Waals surface area (Å²) in [7, 11) is 0. The summed E-state index contributed by atoms with van der Waals surface area (Å²) in [6, 6.07) is 22.9. The molecule has 0 aliphatic rings. The van der Waals surface area contributed by atoms with Gasteiger partial charge in [-0.25, -0.2) is 0 Å². The lowest BCUT2D eigenvalue weighted by molar-refractivity contribution is 0.0752. The van der Waals surface area contributed by atoms with Gasteiger partial charge in [-0.15, -0.1) is 0 Å². The van der Waals surface area contributed by atoms with Crippen LogP contribution in [-0.2, 0) is 19.7 Å². The van der Waals surface area contributed by atoms with E-state index in [9.17, 15) is 9.59 Å². The monoisotopic (exact) mass is 473 g/mol. The zero-order chi connectivity index (χ0) is 24.1. The van der Waals surface area contributed by atoms with Gasteiger partial charge in [0.15, 0.2) is 4.77 Å². The van der Waals surface area contributed by atoms with E-state index in [1.54, 1.807) is 23.1 Å². The lowest BCUT2D eigenvalue weighted by Gasteiger charge is -2.21. The highest BCUT2D eigenvalue weighted by atomic mass is 32.1. The summed E-state index contributed by atoms with van der Waals surface area (Å²) in [5.74, 6) is 0.678. The van der Waals surface area contributed by atoms with Gasteiger partial charge in [-0.05, 0) is 67.5 Å². The number of carbonyl (C=O) groups excluding carboxylic acids is 1. The smallest absolute Gasteiger partial charge is 0.262 e. The van der Waals surface area contributed by atoms with Gasteiger partial charge in [-0.3, -0.25) is 14.2 Å². The number of nitrogens with zero attached hydrogens (tertiary/aromatic N) is 2. The number of carbonyl (C=O) groups is 1. The lowest BCUT2D eigenvalue weighted by Crippen LogP contribution is -2.30. The highest BCUT2D eigenvalue weighted by molar-refractivity contribution is 7.71. The summed E-state index contributed by atoms with van der Waals surface area (Å²) < 4.78 is 7.71. The Kier molecular flexibility index (Phi) is 7.23. The summed E-state index contributed by atoms with van der Waals surface area (Å²) in [6.07, 6.45) is 0. The van der Waals surface area contributed by atoms with Crippen LogP contribution in [0.25, 0.3) is 10.9 Å². The molecule has 4 rings (SSSR count). The number of H-pyrrole nitrogens is 1. The second-order valence-corrected chi connectivity index (χ2v) is 8.36. The number of ether oxygens (including phenoxy) is 1. The first-order valence-corrected chi connectivity index (χ1v) is 11.7. The van der Waals surface area contributed by atoms with Crippen molar-refractivity contribution in [3.63, 3.8) is 0 Å². The number of hydrogen-bond donors (Lipinski definition) is 1. The molecule has 0 aliphatic heterocycles. The Morgan fingerprint density at radius 1 is 1.00 bits per heavy atom. The first-order valence-electron chi connectivity index (χ1n) is 11.3. The largest absolute Gasteiger partial charge is 0.489 e. The van der Waals surface area contributed by atoms with Crippen molar-refractivity contribution < 1.29 is 9.53 Å². The number of aromatic amines is 1. The Labute approximate surface area is 203 Å². The molecular weight excluding hydrogens is 446 g/mol. The Balaban J connectivity index is 1.47. The molecule has 0 atom stereocenters. The number of rotatable bonds is 8. The molecule has 3 aromatic carbocycles. The molecule has 0 saturated heterocycles. The van der Waals surface area contributed by atoms with Crippen LogP contribution in [0.3, 0.4) is 0 Å². The molecule has 0 aliphatic carbocycles. The molecule has 1 N–H and O–H groups in total. The van der Waals surface area contributed by atoms with E-state index >= 15 is 0 Å². The topological polar surface area (TPSA) is 67.3 Å². The van der Waals surface area contributed by atoms with Gasteiger partial charge in [0.05, 0.1) is 10.9 Å². The van der Waals surface area contributed by atoms with Crippen molar-refractivity contribution in [2.75, 3.05) is 6.54 Å². The van der Waals surface area contributed by atoms with Gasteiger partial charge in [0.2, 0.25) is 0 Å². The van der Waals surface area contributed by atoms with Crippen LogP contribution in [0, 0.1) is 4.77 Å². The van der Waals surface area contributed by atoms with Gasteiger partial charge in [-0.1, -0.05) is 42.5 Å². The van der Waals surface area contributed by atoms with Crippen molar-refractivity contribution in [1.29, 1.82) is 0 Å². The van der Waals surface area contributed by atoms with Gasteiger partial charge in [0, 0.05) is 25.2 Å². The van der Waals surface area contributed by atoms with Crippen LogP contribution < -0.4 is 10.3 Å². The fraction of sp³-hybridized carbons (Fsp3) is 0.222. The molecule has 0 radical (unpaired) electrons. The predicted octanol–water partition coefficient (Wildman–Crippen LogP) is 5.32. The van der Waals surface area contributed by atoms with Crippen LogP contribution in [0.1, 0.15) is 35.3 Å². The second-order valence-electron chi connectivity index (χ2n) is 7.98. The van der Waals surface area contributed by atoms with Crippen molar-refractivity contribution in [3.8, 4) is 5.75 Å². The van der Waals surface area contributed by atoms with Crippen LogP contribution in [-0.4, -0.2) is 26.9 Å². The molecule has 0 bridgehead atoms. The van der Waals surface area contributed by atoms with E-state index in [2.05, 4.69) is 4.98 Å². The van der Waals surface area contributed by atoms with E-state index in [4.69, 9.17) is 17.0 Å². The van der Waals surface area contributed by atoms with Crippen LogP contribution in [0.2, 0.25) is 0 Å². The SMILES string of the molecule is CCN(Cc1ccc(OCc2ccccc2)cc1)C(=O)c1ccc2c(=O)n(CC)c(=S)[nH]c2c1. The number of benzene rings is 3. The van der Waals surface area contributed by atoms with Crippen molar-refractivity contribution in [2.45, 2.75) is 33.5 Å². The van der Waals surface area contributed by atoms with Crippen LogP contribution in [0.4, 0.5) is 0 Å². The highest BCUT2D eigenvalue weighted by Crippen LogP contribution is 2.18. The average Bonchev–Trinajstić information content (AvgIpc) is 2.87. The molecule has 6 nitrogen and oxygen atoms in total. The predicted molar refractivity (Wildman–Crippen MR) is 137 cm³/mol. The average molecular weight is 474 g/mol. The van der Waals surface area contributed by atoms with Gasteiger partial charge in [0.1, 0.15) is 12.4 Å². The fourth-order valence-corrected chi connectivity index (χ4v) is 4.16. The standard InChI is InChI=1S/C27H27N3O3S/c1-3-29(17-19-10-13-22(14-11-19)33-18-20-8-6-5-7-9-20)25(31)21-12-15-23-24(16-21)28-27(34)30(4-2)26(23)32/h5-16H,3-4,17-18H2,1-2H3,(H,28,34). The van der Waals surface area contributed by atoms with E-state index in [-0.39, 0.29) is 11.5 Å². The number of aromatic nitrogens is 2. The van der Waals surface area contributed by atoms with E-state index < -0.39 is 0 Å². The minimum Gasteiger partial charge on any atom is -0.489 e. The Morgan fingerprint density at radius 2 is 1.74 bits per heavy atom. The lowest BCUT2D eigenvalue weighted by atomic mass is 10.1. The summed E-state index contributed by atoms with van der Waals surface area (Å²) >= 11 is 5.29. The van der Waals surface area contributed by atoms with Crippen molar-refractivity contribution >= 4 is 29.0 Å². The Hall–Kier alpha value is -3.71. The summed E-state index contributed by atoms with van der Waals surface area (Å²) in [5, 5.41) is 0.515. The molecule has 1 aromatic heterocycles. The maximum absolute atomic E-state index is 13.2. The number of fused-ring (bicyclic) bond motifs is 1. The minimum atomic E-state index is -0.151. The van der Waals surface area contributed by atoms with Gasteiger partial charge >= 0.3 is 0 Å². The number of amides is 1. The Morgan fingerprint density at radius 3 is 2.41 bits per heavy atom. The summed E-state index contributed by atoms with van der Waals surface area (Å²) in [5.41, 5.74) is 3.05. The Bertz CT molecular complexity index is 1410. The van der Waals surface area contributed by atoms with Crippen molar-refractivity contribution in [1.82, 2.24) is 14.5 Å². The highest BCUT2D eigenvalue weighted by Gasteiger charge is 2.16. The molecule has 1 heterocycles. The molecule has 7 heteroatoms. The van der Waals surface area contributed by atoms with E-state index in [1.807, 2.05) is 68.4 Å². The normalized spacial score (nSPS) is 10.9. The van der Waals surface area contributed by atoms with Crippen LogP contribution in [0.5, 0.6) is 5.75 Å². The van der Waals surface area contributed by atoms with Crippen LogP contribution >= 0.6 is 12.2 Å². The first-order chi connectivity index (χ1) is 16.5.